The third kappa shape index (κ3) is 3.14. The van der Waals surface area contributed by atoms with Crippen molar-refractivity contribution < 1.29 is 4.74 Å². The molecule has 1 N–H and O–H groups in total. The molecule has 0 aromatic heterocycles. The molecule has 0 spiro atoms. The van der Waals surface area contributed by atoms with Crippen molar-refractivity contribution in [3.8, 4) is 11.5 Å². The summed E-state index contributed by atoms with van der Waals surface area (Å²) in [6.45, 7) is 0. The molecule has 0 saturated heterocycles. The first-order valence-corrected chi connectivity index (χ1v) is 11.1. The first kappa shape index (κ1) is 17.6. The summed E-state index contributed by atoms with van der Waals surface area (Å²) < 4.78 is 6.21. The summed E-state index contributed by atoms with van der Waals surface area (Å²) in [5, 5.41) is 7.25. The Kier molecular flexibility index (Phi) is 4.24. The van der Waals surface area contributed by atoms with Gasteiger partial charge in [0.25, 0.3) is 0 Å². The van der Waals surface area contributed by atoms with Gasteiger partial charge in [-0.25, -0.2) is 0 Å². The SMILES string of the molecule is c1ccc2c(c1)Oc1cc3c(cc1S2)CCC/C3=N/Nc1ccc2ccccc2c1. The molecule has 1 heterocycles. The van der Waals surface area contributed by atoms with E-state index in [1.807, 2.05) is 12.1 Å². The second kappa shape index (κ2) is 7.22. The molecule has 4 aromatic carbocycles. The summed E-state index contributed by atoms with van der Waals surface area (Å²) in [5.74, 6) is 1.86. The van der Waals surface area contributed by atoms with E-state index in [-0.39, 0.29) is 0 Å². The number of nitrogens with zero attached hydrogens (tertiary/aromatic N) is 1. The lowest BCUT2D eigenvalue weighted by molar-refractivity contribution is 0.454. The van der Waals surface area contributed by atoms with E-state index in [4.69, 9.17) is 9.84 Å². The number of para-hydroxylation sites is 1. The van der Waals surface area contributed by atoms with Crippen LogP contribution in [0.15, 0.2) is 93.8 Å². The van der Waals surface area contributed by atoms with Gasteiger partial charge in [-0.1, -0.05) is 54.2 Å². The van der Waals surface area contributed by atoms with Gasteiger partial charge in [-0.15, -0.1) is 0 Å². The number of hydrogen-bond donors (Lipinski definition) is 1. The minimum Gasteiger partial charge on any atom is -0.455 e. The zero-order valence-corrected chi connectivity index (χ0v) is 17.2. The zero-order valence-electron chi connectivity index (χ0n) is 16.4. The van der Waals surface area contributed by atoms with Crippen molar-refractivity contribution in [2.75, 3.05) is 5.43 Å². The van der Waals surface area contributed by atoms with Crippen molar-refractivity contribution in [1.29, 1.82) is 0 Å². The average Bonchev–Trinajstić information content (AvgIpc) is 2.80. The molecule has 146 valence electrons. The highest BCUT2D eigenvalue weighted by molar-refractivity contribution is 7.99. The lowest BCUT2D eigenvalue weighted by atomic mass is 9.90. The normalized spacial score (nSPS) is 15.8. The molecule has 0 bridgehead atoms. The fourth-order valence-electron chi connectivity index (χ4n) is 4.18. The second-order valence-corrected chi connectivity index (χ2v) is 8.78. The number of nitrogens with one attached hydrogen (secondary N) is 1. The molecule has 0 amide bonds. The topological polar surface area (TPSA) is 33.6 Å². The molecule has 4 aromatic rings. The van der Waals surface area contributed by atoms with Crippen LogP contribution in [0.3, 0.4) is 0 Å². The van der Waals surface area contributed by atoms with E-state index in [2.05, 4.69) is 72.2 Å². The van der Waals surface area contributed by atoms with Crippen molar-refractivity contribution in [3.05, 3.63) is 90.0 Å². The van der Waals surface area contributed by atoms with E-state index in [0.717, 1.165) is 42.2 Å². The molecule has 30 heavy (non-hydrogen) atoms. The Morgan fingerprint density at radius 2 is 1.63 bits per heavy atom. The number of hydrogen-bond acceptors (Lipinski definition) is 4. The van der Waals surface area contributed by atoms with Crippen LogP contribution in [-0.2, 0) is 6.42 Å². The number of aryl methyl sites for hydroxylation is 1. The summed E-state index contributed by atoms with van der Waals surface area (Å²) in [6.07, 6.45) is 3.17. The maximum Gasteiger partial charge on any atom is 0.142 e. The maximum absolute atomic E-state index is 6.21. The molecular formula is C26H20N2OS. The Morgan fingerprint density at radius 1 is 0.767 bits per heavy atom. The van der Waals surface area contributed by atoms with Gasteiger partial charge in [-0.05, 0) is 72.0 Å². The summed E-state index contributed by atoms with van der Waals surface area (Å²) in [6, 6.07) is 27.4. The fourth-order valence-corrected chi connectivity index (χ4v) is 5.18. The zero-order chi connectivity index (χ0) is 19.9. The van der Waals surface area contributed by atoms with E-state index in [9.17, 15) is 0 Å². The van der Waals surface area contributed by atoms with Gasteiger partial charge < -0.3 is 4.74 Å². The number of hydrazone groups is 1. The highest BCUT2D eigenvalue weighted by Crippen LogP contribution is 2.48. The van der Waals surface area contributed by atoms with Crippen LogP contribution in [0.5, 0.6) is 11.5 Å². The molecule has 0 fully saturated rings. The van der Waals surface area contributed by atoms with Crippen LogP contribution < -0.4 is 10.2 Å². The Bertz CT molecular complexity index is 1310. The van der Waals surface area contributed by atoms with Crippen LogP contribution in [0.25, 0.3) is 10.8 Å². The number of rotatable bonds is 2. The largest absolute Gasteiger partial charge is 0.455 e. The van der Waals surface area contributed by atoms with Crippen LogP contribution in [0.4, 0.5) is 5.69 Å². The van der Waals surface area contributed by atoms with Gasteiger partial charge in [0.15, 0.2) is 0 Å². The molecule has 0 saturated carbocycles. The molecule has 0 unspecified atom stereocenters. The Labute approximate surface area is 179 Å². The van der Waals surface area contributed by atoms with Crippen molar-refractivity contribution in [1.82, 2.24) is 0 Å². The lowest BCUT2D eigenvalue weighted by Crippen LogP contribution is -2.14. The standard InChI is InChI=1S/C26H20N2OS/c1-2-7-18-14-20(13-12-17(18)6-1)27-28-22-9-5-8-19-15-26-24(16-21(19)22)29-23-10-3-4-11-25(23)30-26/h1-4,6-7,10-16,27H,5,8-9H2/b28-22-. The lowest BCUT2D eigenvalue weighted by Gasteiger charge is -2.24. The molecule has 3 nitrogen and oxygen atoms in total. The third-order valence-corrected chi connectivity index (χ3v) is 6.79. The van der Waals surface area contributed by atoms with E-state index in [1.165, 1.54) is 31.7 Å². The van der Waals surface area contributed by atoms with Crippen LogP contribution in [0.1, 0.15) is 24.0 Å². The smallest absolute Gasteiger partial charge is 0.142 e. The van der Waals surface area contributed by atoms with E-state index in [0.29, 0.717) is 0 Å². The molecule has 4 heteroatoms. The highest BCUT2D eigenvalue weighted by Gasteiger charge is 2.23. The average molecular weight is 409 g/mol. The molecule has 0 radical (unpaired) electrons. The highest BCUT2D eigenvalue weighted by atomic mass is 32.2. The van der Waals surface area contributed by atoms with E-state index >= 15 is 0 Å². The molecule has 0 atom stereocenters. The number of fused-ring (bicyclic) bond motifs is 4. The molecule has 2 aliphatic rings. The Balaban J connectivity index is 1.33. The molecule has 1 aliphatic carbocycles. The van der Waals surface area contributed by atoms with E-state index < -0.39 is 0 Å². The first-order chi connectivity index (χ1) is 14.8. The third-order valence-electron chi connectivity index (χ3n) is 5.70. The fraction of sp³-hybridized carbons (Fsp3) is 0.115. The van der Waals surface area contributed by atoms with Crippen LogP contribution >= 0.6 is 11.8 Å². The van der Waals surface area contributed by atoms with Crippen LogP contribution in [0, 0.1) is 0 Å². The molecular weight excluding hydrogens is 388 g/mol. The van der Waals surface area contributed by atoms with Crippen molar-refractivity contribution >= 4 is 33.9 Å². The number of ether oxygens (including phenoxy) is 1. The van der Waals surface area contributed by atoms with Gasteiger partial charge >= 0.3 is 0 Å². The van der Waals surface area contributed by atoms with Gasteiger partial charge in [-0.2, -0.15) is 5.10 Å². The first-order valence-electron chi connectivity index (χ1n) is 10.3. The second-order valence-electron chi connectivity index (χ2n) is 7.69. The summed E-state index contributed by atoms with van der Waals surface area (Å²) in [5.41, 5.74) is 7.95. The number of benzene rings is 4. The maximum atomic E-state index is 6.21. The van der Waals surface area contributed by atoms with Gasteiger partial charge in [0, 0.05) is 5.56 Å². The predicted octanol–water partition coefficient (Wildman–Crippen LogP) is 7.25. The summed E-state index contributed by atoms with van der Waals surface area (Å²) in [7, 11) is 0. The minimum atomic E-state index is 0.928. The van der Waals surface area contributed by atoms with Gasteiger partial charge in [0.2, 0.25) is 0 Å². The van der Waals surface area contributed by atoms with E-state index in [1.54, 1.807) is 11.8 Å². The predicted molar refractivity (Wildman–Crippen MR) is 124 cm³/mol. The minimum absolute atomic E-state index is 0.928. The monoisotopic (exact) mass is 408 g/mol. The molecule has 6 rings (SSSR count). The Hall–Kier alpha value is -3.24. The summed E-state index contributed by atoms with van der Waals surface area (Å²) in [4.78, 5) is 2.36. The van der Waals surface area contributed by atoms with Gasteiger partial charge in [0.1, 0.15) is 11.5 Å². The van der Waals surface area contributed by atoms with Gasteiger partial charge in [-0.3, -0.25) is 5.43 Å². The Morgan fingerprint density at radius 3 is 2.60 bits per heavy atom. The molecule has 1 aliphatic heterocycles. The van der Waals surface area contributed by atoms with Crippen molar-refractivity contribution in [3.63, 3.8) is 0 Å². The van der Waals surface area contributed by atoms with Crippen LogP contribution in [-0.4, -0.2) is 5.71 Å². The van der Waals surface area contributed by atoms with Gasteiger partial charge in [0.05, 0.1) is 21.2 Å². The van der Waals surface area contributed by atoms with Crippen LogP contribution in [0.2, 0.25) is 0 Å². The summed E-state index contributed by atoms with van der Waals surface area (Å²) >= 11 is 1.79. The van der Waals surface area contributed by atoms with Crippen molar-refractivity contribution in [2.24, 2.45) is 5.10 Å². The quantitative estimate of drug-likeness (QED) is 0.312. The number of anilines is 1. The van der Waals surface area contributed by atoms with Crippen molar-refractivity contribution in [2.45, 2.75) is 29.1 Å².